The zero-order chi connectivity index (χ0) is 9.42. The second-order valence-electron chi connectivity index (χ2n) is 2.62. The topological polar surface area (TPSA) is 33.1 Å². The second-order valence-corrected chi connectivity index (χ2v) is 3.41. The Bertz CT molecular complexity index is 467. The van der Waals surface area contributed by atoms with Crippen LogP contribution in [-0.2, 0) is 0 Å². The molecule has 1 N–H and O–H groups in total. The first kappa shape index (κ1) is 8.44. The highest BCUT2D eigenvalue weighted by molar-refractivity contribution is 9.10. The molecule has 0 radical (unpaired) electrons. The van der Waals surface area contributed by atoms with Gasteiger partial charge in [-0.15, -0.1) is 0 Å². The number of rotatable bonds is 0. The molecule has 0 atom stereocenters. The lowest BCUT2D eigenvalue weighted by Crippen LogP contribution is -1.83. The van der Waals surface area contributed by atoms with E-state index in [1.165, 1.54) is 18.3 Å². The van der Waals surface area contributed by atoms with E-state index in [1.807, 2.05) is 0 Å². The molecule has 1 aromatic carbocycles. The van der Waals surface area contributed by atoms with Crippen LogP contribution in [0.3, 0.4) is 0 Å². The highest BCUT2D eigenvalue weighted by atomic mass is 79.9. The van der Waals surface area contributed by atoms with E-state index < -0.39 is 0 Å². The molecule has 0 saturated carbocycles. The number of hydrogen-bond acceptors (Lipinski definition) is 2. The molecule has 0 aliphatic rings. The van der Waals surface area contributed by atoms with Crippen molar-refractivity contribution in [3.8, 4) is 5.75 Å². The maximum absolute atomic E-state index is 13.0. The number of aromatic hydroxyl groups is 1. The van der Waals surface area contributed by atoms with E-state index in [-0.39, 0.29) is 11.6 Å². The molecule has 0 spiro atoms. The van der Waals surface area contributed by atoms with Crippen molar-refractivity contribution in [3.05, 3.63) is 34.7 Å². The van der Waals surface area contributed by atoms with Crippen LogP contribution in [0.15, 0.2) is 28.9 Å². The zero-order valence-corrected chi connectivity index (χ0v) is 8.05. The van der Waals surface area contributed by atoms with Crippen molar-refractivity contribution >= 4 is 26.8 Å². The first-order valence-electron chi connectivity index (χ1n) is 3.61. The zero-order valence-electron chi connectivity index (χ0n) is 6.46. The fraction of sp³-hybridized carbons (Fsp3) is 0. The summed E-state index contributed by atoms with van der Waals surface area (Å²) in [6, 6.07) is 4.36. The van der Waals surface area contributed by atoms with Crippen LogP contribution in [0.2, 0.25) is 0 Å². The normalized spacial score (nSPS) is 10.6. The van der Waals surface area contributed by atoms with Gasteiger partial charge in [0.05, 0.1) is 16.2 Å². The number of nitrogens with zero attached hydrogens (tertiary/aromatic N) is 1. The molecular weight excluding hydrogens is 237 g/mol. The first-order valence-corrected chi connectivity index (χ1v) is 4.40. The average Bonchev–Trinajstić information content (AvgIpc) is 2.12. The lowest BCUT2D eigenvalue weighted by atomic mass is 10.2. The standard InChI is InChI=1S/C9H5BrFNO/c10-9-6-3-5(13)4-12-8(6)2-1-7(9)11/h1-4,13H. The Balaban J connectivity index is 2.89. The van der Waals surface area contributed by atoms with Crippen molar-refractivity contribution in [2.45, 2.75) is 0 Å². The van der Waals surface area contributed by atoms with Crippen LogP contribution in [0.1, 0.15) is 0 Å². The van der Waals surface area contributed by atoms with Crippen molar-refractivity contribution in [3.63, 3.8) is 0 Å². The Hall–Kier alpha value is -1.16. The highest BCUT2D eigenvalue weighted by Crippen LogP contribution is 2.27. The number of halogens is 2. The van der Waals surface area contributed by atoms with E-state index in [0.29, 0.717) is 15.4 Å². The van der Waals surface area contributed by atoms with Crippen molar-refractivity contribution in [1.82, 2.24) is 4.98 Å². The molecule has 4 heteroatoms. The molecule has 2 nitrogen and oxygen atoms in total. The van der Waals surface area contributed by atoms with E-state index >= 15 is 0 Å². The molecule has 0 saturated heterocycles. The number of aromatic nitrogens is 1. The molecule has 2 aromatic rings. The Morgan fingerprint density at radius 3 is 2.92 bits per heavy atom. The number of hydrogen-bond donors (Lipinski definition) is 1. The van der Waals surface area contributed by atoms with Crippen LogP contribution in [-0.4, -0.2) is 10.1 Å². The van der Waals surface area contributed by atoms with Gasteiger partial charge in [0.1, 0.15) is 11.6 Å². The van der Waals surface area contributed by atoms with Crippen molar-refractivity contribution in [1.29, 1.82) is 0 Å². The molecule has 1 aromatic heterocycles. The smallest absolute Gasteiger partial charge is 0.138 e. The lowest BCUT2D eigenvalue weighted by molar-refractivity contribution is 0.474. The van der Waals surface area contributed by atoms with E-state index in [4.69, 9.17) is 5.11 Å². The van der Waals surface area contributed by atoms with Gasteiger partial charge in [-0.3, -0.25) is 4.98 Å². The van der Waals surface area contributed by atoms with Gasteiger partial charge in [-0.1, -0.05) is 0 Å². The third-order valence-electron chi connectivity index (χ3n) is 1.74. The summed E-state index contributed by atoms with van der Waals surface area (Å²) in [6.07, 6.45) is 1.33. The third-order valence-corrected chi connectivity index (χ3v) is 2.54. The Morgan fingerprint density at radius 1 is 1.38 bits per heavy atom. The van der Waals surface area contributed by atoms with Crippen LogP contribution in [0.25, 0.3) is 10.9 Å². The van der Waals surface area contributed by atoms with Gasteiger partial charge in [0.2, 0.25) is 0 Å². The van der Waals surface area contributed by atoms with Crippen molar-refractivity contribution < 1.29 is 9.50 Å². The molecule has 2 rings (SSSR count). The minimum absolute atomic E-state index is 0.0267. The largest absolute Gasteiger partial charge is 0.506 e. The number of pyridine rings is 1. The van der Waals surface area contributed by atoms with Crippen LogP contribution in [0.5, 0.6) is 5.75 Å². The van der Waals surface area contributed by atoms with Gasteiger partial charge in [0.25, 0.3) is 0 Å². The third kappa shape index (κ3) is 1.37. The molecule has 0 amide bonds. The van der Waals surface area contributed by atoms with Crippen LogP contribution >= 0.6 is 15.9 Å². The van der Waals surface area contributed by atoms with E-state index in [0.717, 1.165) is 0 Å². The molecule has 0 bridgehead atoms. The van der Waals surface area contributed by atoms with Gasteiger partial charge in [0, 0.05) is 5.39 Å². The van der Waals surface area contributed by atoms with Crippen LogP contribution in [0.4, 0.5) is 4.39 Å². The maximum Gasteiger partial charge on any atom is 0.138 e. The summed E-state index contributed by atoms with van der Waals surface area (Å²) in [7, 11) is 0. The van der Waals surface area contributed by atoms with Gasteiger partial charge in [-0.05, 0) is 34.1 Å². The molecule has 66 valence electrons. The van der Waals surface area contributed by atoms with Gasteiger partial charge >= 0.3 is 0 Å². The average molecular weight is 242 g/mol. The summed E-state index contributed by atoms with van der Waals surface area (Å²) in [6.45, 7) is 0. The van der Waals surface area contributed by atoms with Crippen LogP contribution in [0, 0.1) is 5.82 Å². The Kier molecular flexibility index (Phi) is 1.92. The van der Waals surface area contributed by atoms with E-state index in [1.54, 1.807) is 6.07 Å². The maximum atomic E-state index is 13.0. The van der Waals surface area contributed by atoms with E-state index in [2.05, 4.69) is 20.9 Å². The molecule has 13 heavy (non-hydrogen) atoms. The lowest BCUT2D eigenvalue weighted by Gasteiger charge is -2.01. The Morgan fingerprint density at radius 2 is 2.15 bits per heavy atom. The van der Waals surface area contributed by atoms with Crippen molar-refractivity contribution in [2.75, 3.05) is 0 Å². The summed E-state index contributed by atoms with van der Waals surface area (Å²) in [5.41, 5.74) is 0.645. The molecule has 0 aliphatic carbocycles. The van der Waals surface area contributed by atoms with Gasteiger partial charge in [-0.25, -0.2) is 4.39 Å². The summed E-state index contributed by atoms with van der Waals surface area (Å²) < 4.78 is 13.4. The fourth-order valence-corrected chi connectivity index (χ4v) is 1.58. The molecule has 0 fully saturated rings. The molecular formula is C9H5BrFNO. The minimum Gasteiger partial charge on any atom is -0.506 e. The summed E-state index contributed by atoms with van der Waals surface area (Å²) in [5.74, 6) is -0.335. The predicted molar refractivity (Wildman–Crippen MR) is 51.1 cm³/mol. The molecule has 1 heterocycles. The predicted octanol–water partition coefficient (Wildman–Crippen LogP) is 2.84. The van der Waals surface area contributed by atoms with Gasteiger partial charge in [-0.2, -0.15) is 0 Å². The summed E-state index contributed by atoms with van der Waals surface area (Å²) >= 11 is 3.09. The van der Waals surface area contributed by atoms with Gasteiger partial charge < -0.3 is 5.11 Å². The highest BCUT2D eigenvalue weighted by Gasteiger charge is 2.05. The Labute approximate surface area is 82.2 Å². The molecule has 0 unspecified atom stereocenters. The minimum atomic E-state index is -0.361. The summed E-state index contributed by atoms with van der Waals surface area (Å²) in [4.78, 5) is 3.94. The van der Waals surface area contributed by atoms with Crippen molar-refractivity contribution in [2.24, 2.45) is 0 Å². The number of fused-ring (bicyclic) bond motifs is 1. The monoisotopic (exact) mass is 241 g/mol. The second kappa shape index (κ2) is 2.96. The van der Waals surface area contributed by atoms with Gasteiger partial charge in [0.15, 0.2) is 0 Å². The number of benzene rings is 1. The fourth-order valence-electron chi connectivity index (χ4n) is 1.13. The SMILES string of the molecule is Oc1cnc2ccc(F)c(Br)c2c1. The van der Waals surface area contributed by atoms with E-state index in [9.17, 15) is 4.39 Å². The molecule has 0 aliphatic heterocycles. The first-order chi connectivity index (χ1) is 6.18. The quantitative estimate of drug-likeness (QED) is 0.770. The summed E-state index contributed by atoms with van der Waals surface area (Å²) in [5, 5.41) is 9.71. The van der Waals surface area contributed by atoms with Crippen LogP contribution < -0.4 is 0 Å².